The lowest BCUT2D eigenvalue weighted by Gasteiger charge is -2.34. The van der Waals surface area contributed by atoms with E-state index in [1.165, 1.54) is 10.6 Å². The monoisotopic (exact) mass is 405 g/mol. The van der Waals surface area contributed by atoms with Crippen LogP contribution in [0, 0.1) is 0 Å². The molecule has 23 heavy (non-hydrogen) atoms. The normalized spacial score (nSPS) is 24.4. The number of hydrazine groups is 1. The van der Waals surface area contributed by atoms with Crippen LogP contribution in [0.25, 0.3) is 0 Å². The Balaban J connectivity index is 0.00000192. The van der Waals surface area contributed by atoms with Crippen LogP contribution in [0.5, 0.6) is 5.75 Å². The Morgan fingerprint density at radius 1 is 1.26 bits per heavy atom. The number of nitrogens with zero attached hydrogens (tertiary/aromatic N) is 2. The molecule has 1 aliphatic heterocycles. The fourth-order valence-electron chi connectivity index (χ4n) is 3.10. The Bertz CT molecular complexity index is 629. The molecule has 1 amide bonds. The number of pyridine rings is 1. The van der Waals surface area contributed by atoms with Crippen molar-refractivity contribution in [2.24, 2.45) is 7.05 Å². The highest BCUT2D eigenvalue weighted by atomic mass is 79.9. The van der Waals surface area contributed by atoms with E-state index in [9.17, 15) is 9.59 Å². The van der Waals surface area contributed by atoms with Gasteiger partial charge in [-0.15, -0.1) is 12.4 Å². The number of rotatable bonds is 3. The van der Waals surface area contributed by atoms with Gasteiger partial charge in [0.15, 0.2) is 0 Å². The number of nitrogens with one attached hydrogen (secondary N) is 1. The van der Waals surface area contributed by atoms with E-state index in [-0.39, 0.29) is 36.0 Å². The maximum atomic E-state index is 11.7. The van der Waals surface area contributed by atoms with Gasteiger partial charge in [0.1, 0.15) is 5.75 Å². The summed E-state index contributed by atoms with van der Waals surface area (Å²) < 4.78 is 8.27. The molecule has 1 saturated carbocycles. The molecule has 0 radical (unpaired) electrons. The molecule has 1 saturated heterocycles. The molecule has 1 aliphatic carbocycles. The third-order valence-corrected chi connectivity index (χ3v) is 4.93. The molecule has 1 N–H and O–H groups in total. The number of hydrogen-bond acceptors (Lipinski definition) is 4. The minimum atomic E-state index is -0.0845. The van der Waals surface area contributed by atoms with Crippen LogP contribution in [0.2, 0.25) is 0 Å². The Labute approximate surface area is 149 Å². The number of aryl methyl sites for hydroxylation is 1. The van der Waals surface area contributed by atoms with Gasteiger partial charge >= 0.3 is 0 Å². The summed E-state index contributed by atoms with van der Waals surface area (Å²) in [5.41, 5.74) is 3.07. The van der Waals surface area contributed by atoms with E-state index in [0.717, 1.165) is 36.7 Å². The Morgan fingerprint density at radius 3 is 2.57 bits per heavy atom. The predicted octanol–water partition coefficient (Wildman–Crippen LogP) is 2.00. The molecule has 2 fully saturated rings. The summed E-state index contributed by atoms with van der Waals surface area (Å²) >= 11 is 3.43. The maximum absolute atomic E-state index is 11.7. The third-order valence-electron chi connectivity index (χ3n) is 4.34. The highest BCUT2D eigenvalue weighted by Crippen LogP contribution is 2.30. The van der Waals surface area contributed by atoms with Crippen molar-refractivity contribution in [1.82, 2.24) is 15.0 Å². The summed E-state index contributed by atoms with van der Waals surface area (Å²) in [7, 11) is 1.71. The van der Waals surface area contributed by atoms with Crippen LogP contribution in [-0.2, 0) is 11.8 Å². The van der Waals surface area contributed by atoms with Crippen molar-refractivity contribution >= 4 is 34.2 Å². The number of halogens is 2. The van der Waals surface area contributed by atoms with Crippen molar-refractivity contribution in [3.63, 3.8) is 0 Å². The van der Waals surface area contributed by atoms with Gasteiger partial charge in [-0.25, -0.2) is 5.43 Å². The summed E-state index contributed by atoms with van der Waals surface area (Å²) in [5, 5.41) is 1.80. The highest BCUT2D eigenvalue weighted by Gasteiger charge is 2.32. The molecule has 0 unspecified atom stereocenters. The molecule has 0 atom stereocenters. The summed E-state index contributed by atoms with van der Waals surface area (Å²) in [6.45, 7) is 0.746. The van der Waals surface area contributed by atoms with E-state index >= 15 is 0 Å². The average molecular weight is 407 g/mol. The molecule has 3 rings (SSSR count). The Kier molecular flexibility index (Phi) is 6.11. The molecule has 1 aromatic heterocycles. The van der Waals surface area contributed by atoms with Crippen molar-refractivity contribution in [2.75, 3.05) is 6.54 Å². The number of carbonyl (C=O) groups excluding carboxylic acids is 1. The van der Waals surface area contributed by atoms with Gasteiger partial charge in [-0.2, -0.15) is 0 Å². The van der Waals surface area contributed by atoms with Gasteiger partial charge in [0.05, 0.1) is 10.6 Å². The molecule has 2 heterocycles. The first-order valence-electron chi connectivity index (χ1n) is 7.63. The van der Waals surface area contributed by atoms with Gasteiger partial charge in [-0.05, 0) is 41.6 Å². The fraction of sp³-hybridized carbons (Fsp3) is 0.600. The molecular weight excluding hydrogens is 386 g/mol. The minimum Gasteiger partial charge on any atom is -0.489 e. The van der Waals surface area contributed by atoms with Crippen molar-refractivity contribution in [3.05, 3.63) is 27.1 Å². The summed E-state index contributed by atoms with van der Waals surface area (Å²) in [6, 6.07) is 1.78. The largest absolute Gasteiger partial charge is 0.489 e. The average Bonchev–Trinajstić information content (AvgIpc) is 2.92. The first-order chi connectivity index (χ1) is 10.5. The van der Waals surface area contributed by atoms with E-state index in [4.69, 9.17) is 4.74 Å². The van der Waals surface area contributed by atoms with Crippen molar-refractivity contribution in [1.29, 1.82) is 0 Å². The lowest BCUT2D eigenvalue weighted by atomic mass is 9.92. The smallest absolute Gasteiger partial charge is 0.254 e. The van der Waals surface area contributed by atoms with E-state index < -0.39 is 0 Å². The van der Waals surface area contributed by atoms with Crippen molar-refractivity contribution in [2.45, 2.75) is 44.2 Å². The van der Waals surface area contributed by atoms with Crippen LogP contribution in [0.3, 0.4) is 0 Å². The second-order valence-electron chi connectivity index (χ2n) is 5.91. The second-order valence-corrected chi connectivity index (χ2v) is 6.76. The summed E-state index contributed by atoms with van der Waals surface area (Å²) in [5.74, 6) is 0.792. The molecule has 128 valence electrons. The minimum absolute atomic E-state index is 0. The number of aromatic nitrogens is 1. The van der Waals surface area contributed by atoms with Crippen LogP contribution in [0.4, 0.5) is 0 Å². The van der Waals surface area contributed by atoms with E-state index in [1.54, 1.807) is 18.3 Å². The van der Waals surface area contributed by atoms with Gasteiger partial charge < -0.3 is 9.30 Å². The zero-order chi connectivity index (χ0) is 15.7. The standard InChI is InChI=1S/C15H20BrN3O3.ClH/c1-18-9-12(16)13(8-15(18)21)22-11-4-2-10(3-5-11)19-14(20)6-7-17-19;/h8-11,17H,2-7H2,1H3;1H. The number of hydrogen-bond donors (Lipinski definition) is 1. The van der Waals surface area contributed by atoms with Gasteiger partial charge in [0, 0.05) is 38.3 Å². The quantitative estimate of drug-likeness (QED) is 0.834. The van der Waals surface area contributed by atoms with Gasteiger partial charge in [0.25, 0.3) is 5.56 Å². The molecule has 6 nitrogen and oxygen atoms in total. The topological polar surface area (TPSA) is 63.6 Å². The fourth-order valence-corrected chi connectivity index (χ4v) is 3.61. The zero-order valence-corrected chi connectivity index (χ0v) is 15.4. The highest BCUT2D eigenvalue weighted by molar-refractivity contribution is 9.10. The molecule has 0 aromatic carbocycles. The van der Waals surface area contributed by atoms with E-state index in [0.29, 0.717) is 12.2 Å². The number of amides is 1. The number of carbonyl (C=O) groups is 1. The second kappa shape index (κ2) is 7.68. The zero-order valence-electron chi connectivity index (χ0n) is 13.0. The Morgan fingerprint density at radius 2 is 1.96 bits per heavy atom. The van der Waals surface area contributed by atoms with E-state index in [1.807, 2.05) is 0 Å². The molecular formula is C15H21BrClN3O3. The third kappa shape index (κ3) is 4.08. The van der Waals surface area contributed by atoms with Crippen LogP contribution in [0.1, 0.15) is 32.1 Å². The maximum Gasteiger partial charge on any atom is 0.254 e. The predicted molar refractivity (Wildman–Crippen MR) is 92.8 cm³/mol. The summed E-state index contributed by atoms with van der Waals surface area (Å²) in [6.07, 6.45) is 6.03. The summed E-state index contributed by atoms with van der Waals surface area (Å²) in [4.78, 5) is 23.5. The van der Waals surface area contributed by atoms with Crippen molar-refractivity contribution < 1.29 is 9.53 Å². The number of ether oxygens (including phenoxy) is 1. The Hall–Kier alpha value is -1.05. The van der Waals surface area contributed by atoms with Crippen LogP contribution >= 0.6 is 28.3 Å². The molecule has 1 aromatic rings. The molecule has 0 spiro atoms. The van der Waals surface area contributed by atoms with Crippen LogP contribution < -0.4 is 15.7 Å². The van der Waals surface area contributed by atoms with Crippen molar-refractivity contribution in [3.8, 4) is 5.75 Å². The van der Waals surface area contributed by atoms with E-state index in [2.05, 4.69) is 21.4 Å². The lowest BCUT2D eigenvalue weighted by Crippen LogP contribution is -2.46. The van der Waals surface area contributed by atoms with Gasteiger partial charge in [-0.3, -0.25) is 14.6 Å². The van der Waals surface area contributed by atoms with Crippen LogP contribution in [-0.4, -0.2) is 34.2 Å². The molecule has 0 bridgehead atoms. The van der Waals surface area contributed by atoms with Gasteiger partial charge in [0.2, 0.25) is 5.91 Å². The first kappa shape index (κ1) is 18.3. The first-order valence-corrected chi connectivity index (χ1v) is 8.42. The molecule has 8 heteroatoms. The molecule has 2 aliphatic rings. The lowest BCUT2D eigenvalue weighted by molar-refractivity contribution is -0.133. The van der Waals surface area contributed by atoms with Gasteiger partial charge in [-0.1, -0.05) is 0 Å². The SMILES string of the molecule is Cl.Cn1cc(Br)c(OC2CCC(N3NCCC3=O)CC2)cc1=O. The van der Waals surface area contributed by atoms with Crippen LogP contribution in [0.15, 0.2) is 21.5 Å².